The van der Waals surface area contributed by atoms with Crippen molar-refractivity contribution in [3.05, 3.63) is 50.6 Å². The van der Waals surface area contributed by atoms with Crippen LogP contribution in [0.5, 0.6) is 0 Å². The molecule has 2 aliphatic rings. The largest absolute Gasteiger partial charge is 0.340 e. The van der Waals surface area contributed by atoms with Crippen LogP contribution >= 0.6 is 34.2 Å². The standard InChI is InChI=1S/C16H14ClIN2O2/c17-10-3-6-12-13(8-10)19-16(22)14(20-15(12)21)7-9-1-4-11(18)5-2-9/h1,3-6,8-9,14H,2,7H2,(H,19,22)(H,20,21)/t9?,14-/m1/s1. The van der Waals surface area contributed by atoms with Gasteiger partial charge in [0.1, 0.15) is 6.04 Å². The summed E-state index contributed by atoms with van der Waals surface area (Å²) in [6.45, 7) is 0. The second-order valence-corrected chi connectivity index (χ2v) is 7.07. The monoisotopic (exact) mass is 428 g/mol. The van der Waals surface area contributed by atoms with Gasteiger partial charge in [-0.1, -0.05) is 29.8 Å². The smallest absolute Gasteiger partial charge is 0.254 e. The summed E-state index contributed by atoms with van der Waals surface area (Å²) in [6.07, 6.45) is 7.73. The average molecular weight is 429 g/mol. The topological polar surface area (TPSA) is 58.2 Å². The number of amides is 2. The summed E-state index contributed by atoms with van der Waals surface area (Å²) >= 11 is 8.20. The summed E-state index contributed by atoms with van der Waals surface area (Å²) in [4.78, 5) is 24.7. The molecule has 2 amide bonds. The predicted molar refractivity (Wildman–Crippen MR) is 95.3 cm³/mol. The fraction of sp³-hybridized carbons (Fsp3) is 0.250. The molecule has 0 saturated carbocycles. The molecule has 0 fully saturated rings. The first-order valence-electron chi connectivity index (χ1n) is 6.98. The lowest BCUT2D eigenvalue weighted by atomic mass is 9.93. The summed E-state index contributed by atoms with van der Waals surface area (Å²) in [6, 6.07) is 4.32. The van der Waals surface area contributed by atoms with E-state index >= 15 is 0 Å². The number of nitrogens with one attached hydrogen (secondary N) is 2. The van der Waals surface area contributed by atoms with E-state index in [0.717, 1.165) is 6.42 Å². The Bertz CT molecular complexity index is 699. The second-order valence-electron chi connectivity index (χ2n) is 5.38. The van der Waals surface area contributed by atoms with E-state index in [1.807, 2.05) is 6.08 Å². The summed E-state index contributed by atoms with van der Waals surface area (Å²) in [5, 5.41) is 6.09. The lowest BCUT2D eigenvalue weighted by molar-refractivity contribution is -0.118. The van der Waals surface area contributed by atoms with Gasteiger partial charge < -0.3 is 10.6 Å². The number of halogens is 2. The van der Waals surface area contributed by atoms with Crippen LogP contribution in [-0.4, -0.2) is 17.9 Å². The normalized spacial score (nSPS) is 24.0. The number of fused-ring (bicyclic) bond motifs is 1. The van der Waals surface area contributed by atoms with E-state index in [2.05, 4.69) is 45.4 Å². The van der Waals surface area contributed by atoms with Gasteiger partial charge in [-0.15, -0.1) is 0 Å². The average Bonchev–Trinajstić information content (AvgIpc) is 2.59. The van der Waals surface area contributed by atoms with Crippen LogP contribution in [0.3, 0.4) is 0 Å². The highest BCUT2D eigenvalue weighted by atomic mass is 127. The maximum Gasteiger partial charge on any atom is 0.254 e. The van der Waals surface area contributed by atoms with Crippen LogP contribution in [-0.2, 0) is 4.79 Å². The van der Waals surface area contributed by atoms with Crippen molar-refractivity contribution in [3.63, 3.8) is 0 Å². The molecule has 1 heterocycles. The number of anilines is 1. The molecule has 2 N–H and O–H groups in total. The molecule has 0 radical (unpaired) electrons. The van der Waals surface area contributed by atoms with Gasteiger partial charge in [-0.25, -0.2) is 0 Å². The first-order valence-corrected chi connectivity index (χ1v) is 8.44. The maximum atomic E-state index is 12.4. The first-order chi connectivity index (χ1) is 10.5. The van der Waals surface area contributed by atoms with Crippen LogP contribution < -0.4 is 10.6 Å². The Labute approximate surface area is 147 Å². The van der Waals surface area contributed by atoms with Gasteiger partial charge in [0.2, 0.25) is 5.91 Å². The molecule has 1 unspecified atom stereocenters. The number of rotatable bonds is 2. The Morgan fingerprint density at radius 3 is 2.86 bits per heavy atom. The number of carbonyl (C=O) groups excluding carboxylic acids is 2. The SMILES string of the molecule is O=C1N[C@H](CC2C=CC(I)=CC2)C(=O)Nc2cc(Cl)ccc21. The van der Waals surface area contributed by atoms with Gasteiger partial charge in [0.05, 0.1) is 11.3 Å². The Morgan fingerprint density at radius 1 is 1.32 bits per heavy atom. The van der Waals surface area contributed by atoms with Gasteiger partial charge in [0.25, 0.3) is 5.91 Å². The van der Waals surface area contributed by atoms with Gasteiger partial charge in [0, 0.05) is 8.60 Å². The molecule has 0 saturated heterocycles. The van der Waals surface area contributed by atoms with Gasteiger partial charge in [-0.3, -0.25) is 9.59 Å². The van der Waals surface area contributed by atoms with Crippen molar-refractivity contribution >= 4 is 51.7 Å². The van der Waals surface area contributed by atoms with Gasteiger partial charge in [-0.05, 0) is 59.5 Å². The molecular formula is C16H14ClIN2O2. The molecule has 0 aromatic heterocycles. The fourth-order valence-corrected chi connectivity index (χ4v) is 3.26. The molecule has 3 rings (SSSR count). The lowest BCUT2D eigenvalue weighted by Crippen LogP contribution is -2.42. The molecule has 6 heteroatoms. The Hall–Kier alpha value is -1.34. The molecule has 0 spiro atoms. The zero-order valence-corrected chi connectivity index (χ0v) is 14.5. The first kappa shape index (κ1) is 15.6. The number of hydrogen-bond donors (Lipinski definition) is 2. The molecule has 1 aliphatic heterocycles. The van der Waals surface area contributed by atoms with Crippen LogP contribution in [0.1, 0.15) is 23.2 Å². The summed E-state index contributed by atoms with van der Waals surface area (Å²) in [5.41, 5.74) is 0.903. The van der Waals surface area contributed by atoms with Crippen LogP contribution in [0.25, 0.3) is 0 Å². The van der Waals surface area contributed by atoms with Crippen LogP contribution in [0, 0.1) is 5.92 Å². The molecule has 1 aromatic rings. The highest BCUT2D eigenvalue weighted by Gasteiger charge is 2.29. The highest BCUT2D eigenvalue weighted by Crippen LogP contribution is 2.27. The molecule has 0 bridgehead atoms. The summed E-state index contributed by atoms with van der Waals surface area (Å²) in [7, 11) is 0. The minimum atomic E-state index is -0.544. The van der Waals surface area contributed by atoms with E-state index < -0.39 is 6.04 Å². The number of allylic oxidation sites excluding steroid dienone is 4. The van der Waals surface area contributed by atoms with Gasteiger partial charge in [-0.2, -0.15) is 0 Å². The van der Waals surface area contributed by atoms with Gasteiger partial charge >= 0.3 is 0 Å². The van der Waals surface area contributed by atoms with Crippen molar-refractivity contribution in [3.8, 4) is 0 Å². The molecule has 1 aliphatic carbocycles. The minimum Gasteiger partial charge on any atom is -0.340 e. The Balaban J connectivity index is 1.77. The Morgan fingerprint density at radius 2 is 2.14 bits per heavy atom. The van der Waals surface area contributed by atoms with Crippen LogP contribution in [0.15, 0.2) is 40.0 Å². The van der Waals surface area contributed by atoms with Crippen molar-refractivity contribution in [2.24, 2.45) is 5.92 Å². The third kappa shape index (κ3) is 3.35. The van der Waals surface area contributed by atoms with E-state index in [9.17, 15) is 9.59 Å². The van der Waals surface area contributed by atoms with E-state index in [4.69, 9.17) is 11.6 Å². The molecule has 2 atom stereocenters. The van der Waals surface area contributed by atoms with Crippen molar-refractivity contribution in [1.29, 1.82) is 0 Å². The van der Waals surface area contributed by atoms with Crippen molar-refractivity contribution in [2.75, 3.05) is 5.32 Å². The Kier molecular flexibility index (Phi) is 4.54. The molecule has 4 nitrogen and oxygen atoms in total. The third-order valence-corrected chi connectivity index (χ3v) is 4.82. The molecule has 1 aromatic carbocycles. The van der Waals surface area contributed by atoms with Crippen molar-refractivity contribution < 1.29 is 9.59 Å². The van der Waals surface area contributed by atoms with Crippen molar-refractivity contribution in [2.45, 2.75) is 18.9 Å². The van der Waals surface area contributed by atoms with Crippen molar-refractivity contribution in [1.82, 2.24) is 5.32 Å². The number of carbonyl (C=O) groups is 2. The highest BCUT2D eigenvalue weighted by molar-refractivity contribution is 14.1. The molecule has 22 heavy (non-hydrogen) atoms. The molecular weight excluding hydrogens is 415 g/mol. The van der Waals surface area contributed by atoms with E-state index in [1.54, 1.807) is 18.2 Å². The quantitative estimate of drug-likeness (QED) is 0.706. The molecule has 114 valence electrons. The third-order valence-electron chi connectivity index (χ3n) is 3.79. The van der Waals surface area contributed by atoms with E-state index in [-0.39, 0.29) is 17.7 Å². The zero-order chi connectivity index (χ0) is 15.7. The van der Waals surface area contributed by atoms with E-state index in [1.165, 1.54) is 3.58 Å². The van der Waals surface area contributed by atoms with Gasteiger partial charge in [0.15, 0.2) is 0 Å². The number of benzene rings is 1. The van der Waals surface area contributed by atoms with Crippen LogP contribution in [0.2, 0.25) is 5.02 Å². The lowest BCUT2D eigenvalue weighted by Gasteiger charge is -2.20. The minimum absolute atomic E-state index is 0.202. The fourth-order valence-electron chi connectivity index (χ4n) is 2.62. The predicted octanol–water partition coefficient (Wildman–Crippen LogP) is 3.68. The summed E-state index contributed by atoms with van der Waals surface area (Å²) < 4.78 is 1.20. The second kappa shape index (κ2) is 6.42. The van der Waals surface area contributed by atoms with Crippen LogP contribution in [0.4, 0.5) is 5.69 Å². The number of hydrogen-bond acceptors (Lipinski definition) is 2. The summed E-state index contributed by atoms with van der Waals surface area (Å²) in [5.74, 6) is -0.202. The zero-order valence-electron chi connectivity index (χ0n) is 11.6. The maximum absolute atomic E-state index is 12.4. The van der Waals surface area contributed by atoms with E-state index in [0.29, 0.717) is 22.7 Å².